The highest BCUT2D eigenvalue weighted by Crippen LogP contribution is 2.02. The molecule has 0 aromatic carbocycles. The third-order valence-electron chi connectivity index (χ3n) is 1.19. The molecule has 3 N–H and O–H groups in total. The lowest BCUT2D eigenvalue weighted by Gasteiger charge is -2.07. The Kier molecular flexibility index (Phi) is 5.52. The number of aliphatic hydroxyl groups is 3. The molecule has 0 aromatic rings. The van der Waals surface area contributed by atoms with Crippen molar-refractivity contribution in [2.75, 3.05) is 7.11 Å². The molecule has 10 heavy (non-hydrogen) atoms. The standard InChI is InChI=1S/C6H14O4/c1-10-6(9)4-2-3-5(7)8/h5-9H,2-4H2,1H3. The summed E-state index contributed by atoms with van der Waals surface area (Å²) in [5.41, 5.74) is 0. The molecule has 0 saturated heterocycles. The first-order valence-electron chi connectivity index (χ1n) is 3.24. The Hall–Kier alpha value is -0.160. The van der Waals surface area contributed by atoms with Crippen molar-refractivity contribution in [3.63, 3.8) is 0 Å². The van der Waals surface area contributed by atoms with Gasteiger partial charge in [-0.3, -0.25) is 0 Å². The Morgan fingerprint density at radius 3 is 2.20 bits per heavy atom. The lowest BCUT2D eigenvalue weighted by Crippen LogP contribution is -2.11. The van der Waals surface area contributed by atoms with Crippen LogP contribution in [0.5, 0.6) is 0 Å². The van der Waals surface area contributed by atoms with Gasteiger partial charge in [-0.2, -0.15) is 0 Å². The van der Waals surface area contributed by atoms with E-state index >= 15 is 0 Å². The maximum absolute atomic E-state index is 8.79. The number of rotatable bonds is 5. The van der Waals surface area contributed by atoms with E-state index < -0.39 is 12.6 Å². The Morgan fingerprint density at radius 1 is 1.20 bits per heavy atom. The highest BCUT2D eigenvalue weighted by atomic mass is 16.6. The second-order valence-corrected chi connectivity index (χ2v) is 2.10. The van der Waals surface area contributed by atoms with Crippen LogP contribution >= 0.6 is 0 Å². The zero-order valence-electron chi connectivity index (χ0n) is 6.03. The van der Waals surface area contributed by atoms with E-state index in [2.05, 4.69) is 4.74 Å². The molecular weight excluding hydrogens is 136 g/mol. The first-order valence-corrected chi connectivity index (χ1v) is 3.24. The minimum Gasteiger partial charge on any atom is -0.368 e. The minimum atomic E-state index is -1.27. The van der Waals surface area contributed by atoms with Gasteiger partial charge in [-0.1, -0.05) is 0 Å². The molecule has 0 aromatic heterocycles. The van der Waals surface area contributed by atoms with Gasteiger partial charge in [0.05, 0.1) is 0 Å². The van der Waals surface area contributed by atoms with Gasteiger partial charge >= 0.3 is 0 Å². The molecule has 0 saturated carbocycles. The predicted molar refractivity (Wildman–Crippen MR) is 35.1 cm³/mol. The van der Waals surface area contributed by atoms with Crippen LogP contribution in [-0.4, -0.2) is 35.0 Å². The van der Waals surface area contributed by atoms with Gasteiger partial charge < -0.3 is 20.1 Å². The van der Waals surface area contributed by atoms with Gasteiger partial charge in [0.25, 0.3) is 0 Å². The molecule has 0 rings (SSSR count). The van der Waals surface area contributed by atoms with Gasteiger partial charge in [0.15, 0.2) is 12.6 Å². The maximum Gasteiger partial charge on any atom is 0.154 e. The van der Waals surface area contributed by atoms with Gasteiger partial charge in [0.2, 0.25) is 0 Å². The molecule has 0 heterocycles. The van der Waals surface area contributed by atoms with Crippen molar-refractivity contribution in [2.45, 2.75) is 31.8 Å². The second kappa shape index (κ2) is 5.61. The number of methoxy groups -OCH3 is 1. The molecular formula is C6H14O4. The predicted octanol–water partition coefficient (Wildman–Crippen LogP) is -0.568. The number of ether oxygens (including phenoxy) is 1. The number of hydrogen-bond acceptors (Lipinski definition) is 4. The fraction of sp³-hybridized carbons (Fsp3) is 1.00. The minimum absolute atomic E-state index is 0.278. The molecule has 4 heteroatoms. The molecule has 1 unspecified atom stereocenters. The summed E-state index contributed by atoms with van der Waals surface area (Å²) in [5.74, 6) is 0. The zero-order valence-corrected chi connectivity index (χ0v) is 6.03. The molecule has 0 spiro atoms. The molecule has 0 amide bonds. The third-order valence-corrected chi connectivity index (χ3v) is 1.19. The van der Waals surface area contributed by atoms with E-state index in [0.717, 1.165) is 0 Å². The molecule has 0 radical (unpaired) electrons. The summed E-state index contributed by atoms with van der Waals surface area (Å²) in [6, 6.07) is 0. The Balaban J connectivity index is 3.03. The molecule has 0 fully saturated rings. The fourth-order valence-corrected chi connectivity index (χ4v) is 0.593. The first-order chi connectivity index (χ1) is 4.66. The van der Waals surface area contributed by atoms with Crippen molar-refractivity contribution in [3.05, 3.63) is 0 Å². The smallest absolute Gasteiger partial charge is 0.154 e. The van der Waals surface area contributed by atoms with Crippen molar-refractivity contribution < 1.29 is 20.1 Å². The maximum atomic E-state index is 8.79. The highest BCUT2D eigenvalue weighted by molar-refractivity contribution is 4.44. The van der Waals surface area contributed by atoms with Crippen LogP contribution < -0.4 is 0 Å². The van der Waals surface area contributed by atoms with E-state index in [1.807, 2.05) is 0 Å². The average molecular weight is 150 g/mol. The van der Waals surface area contributed by atoms with E-state index in [1.54, 1.807) is 0 Å². The molecule has 0 aliphatic rings. The van der Waals surface area contributed by atoms with E-state index in [4.69, 9.17) is 15.3 Å². The summed E-state index contributed by atoms with van der Waals surface area (Å²) in [7, 11) is 1.40. The van der Waals surface area contributed by atoms with E-state index in [9.17, 15) is 0 Å². The van der Waals surface area contributed by atoms with Gasteiger partial charge in [-0.25, -0.2) is 0 Å². The second-order valence-electron chi connectivity index (χ2n) is 2.10. The van der Waals surface area contributed by atoms with E-state index in [-0.39, 0.29) is 6.42 Å². The van der Waals surface area contributed by atoms with Gasteiger partial charge in [-0.05, 0) is 19.3 Å². The molecule has 4 nitrogen and oxygen atoms in total. The molecule has 1 atom stereocenters. The largest absolute Gasteiger partial charge is 0.368 e. The monoisotopic (exact) mass is 150 g/mol. The lowest BCUT2D eigenvalue weighted by atomic mass is 10.2. The highest BCUT2D eigenvalue weighted by Gasteiger charge is 2.02. The van der Waals surface area contributed by atoms with Crippen LogP contribution in [0.25, 0.3) is 0 Å². The fourth-order valence-electron chi connectivity index (χ4n) is 0.593. The normalized spacial score (nSPS) is 14.1. The van der Waals surface area contributed by atoms with Crippen molar-refractivity contribution in [1.82, 2.24) is 0 Å². The van der Waals surface area contributed by atoms with Crippen LogP contribution in [0.15, 0.2) is 0 Å². The Labute approximate surface area is 60.1 Å². The van der Waals surface area contributed by atoms with Crippen LogP contribution in [-0.2, 0) is 4.74 Å². The average Bonchev–Trinajstić information content (AvgIpc) is 1.87. The van der Waals surface area contributed by atoms with Crippen LogP contribution in [0.4, 0.5) is 0 Å². The number of aliphatic hydroxyl groups excluding tert-OH is 2. The summed E-state index contributed by atoms with van der Waals surface area (Å²) in [6.07, 6.45) is -0.788. The lowest BCUT2D eigenvalue weighted by molar-refractivity contribution is -0.0877. The molecule has 0 bridgehead atoms. The molecule has 0 aliphatic heterocycles. The van der Waals surface area contributed by atoms with Crippen molar-refractivity contribution in [1.29, 1.82) is 0 Å². The SMILES string of the molecule is COC(O)CCCC(O)O. The van der Waals surface area contributed by atoms with Crippen LogP contribution in [0.1, 0.15) is 19.3 Å². The summed E-state index contributed by atoms with van der Waals surface area (Å²) < 4.78 is 4.52. The first kappa shape index (κ1) is 9.84. The Morgan fingerprint density at radius 2 is 1.80 bits per heavy atom. The topological polar surface area (TPSA) is 69.9 Å². The summed E-state index contributed by atoms with van der Waals surface area (Å²) in [4.78, 5) is 0. The van der Waals surface area contributed by atoms with Crippen molar-refractivity contribution in [2.24, 2.45) is 0 Å². The van der Waals surface area contributed by atoms with Gasteiger partial charge in [-0.15, -0.1) is 0 Å². The van der Waals surface area contributed by atoms with Crippen molar-refractivity contribution >= 4 is 0 Å². The van der Waals surface area contributed by atoms with E-state index in [1.165, 1.54) is 7.11 Å². The quantitative estimate of drug-likeness (QED) is 0.459. The van der Waals surface area contributed by atoms with Crippen LogP contribution in [0.3, 0.4) is 0 Å². The zero-order chi connectivity index (χ0) is 7.98. The van der Waals surface area contributed by atoms with Crippen molar-refractivity contribution in [3.8, 4) is 0 Å². The Bertz CT molecular complexity index is 74.1. The van der Waals surface area contributed by atoms with Gasteiger partial charge in [0, 0.05) is 7.11 Å². The molecule has 0 aliphatic carbocycles. The number of hydrogen-bond donors (Lipinski definition) is 3. The molecule has 62 valence electrons. The summed E-state index contributed by atoms with van der Waals surface area (Å²) in [6.45, 7) is 0. The van der Waals surface area contributed by atoms with Crippen LogP contribution in [0.2, 0.25) is 0 Å². The van der Waals surface area contributed by atoms with E-state index in [0.29, 0.717) is 12.8 Å². The third kappa shape index (κ3) is 5.97. The summed E-state index contributed by atoms with van der Waals surface area (Å²) >= 11 is 0. The van der Waals surface area contributed by atoms with Crippen LogP contribution in [0, 0.1) is 0 Å². The summed E-state index contributed by atoms with van der Waals surface area (Å²) in [5, 5.41) is 25.5. The van der Waals surface area contributed by atoms with Gasteiger partial charge in [0.1, 0.15) is 0 Å².